The number of hydrogen-bond donors (Lipinski definition) is 2. The lowest BCUT2D eigenvalue weighted by atomic mass is 9.44. The summed E-state index contributed by atoms with van der Waals surface area (Å²) in [5.41, 5.74) is -5.93. The van der Waals surface area contributed by atoms with Crippen LogP contribution < -0.4 is 5.06 Å². The number of carboxylic acid groups (broad SMARTS) is 1. The summed E-state index contributed by atoms with van der Waals surface area (Å²) >= 11 is 0. The van der Waals surface area contributed by atoms with Gasteiger partial charge in [0.05, 0.1) is 24.5 Å². The molecule has 0 bridgehead atoms. The number of carboxylic acids is 1. The number of hydroxylamine groups is 1. The van der Waals surface area contributed by atoms with E-state index in [0.29, 0.717) is 12.1 Å². The SMILES string of the molecule is C[C@]12C=CC(=O)C=C1[C@@H](F)C[C@H]1[C@@H]3C[C@H]4CN(c5cccnc5)O[C@@]4(C(=O)O)[C@@]3(C)C[C@H](O)[C@@]12F. The number of ketones is 1. The summed E-state index contributed by atoms with van der Waals surface area (Å²) < 4.78 is 32.8. The molecule has 7 nitrogen and oxygen atoms in total. The number of rotatable bonds is 2. The maximum absolute atomic E-state index is 17.3. The second-order valence-electron chi connectivity index (χ2n) is 11.2. The van der Waals surface area contributed by atoms with Crippen molar-refractivity contribution in [3.63, 3.8) is 0 Å². The maximum Gasteiger partial charge on any atom is 0.339 e. The zero-order valence-corrected chi connectivity index (χ0v) is 19.5. The minimum absolute atomic E-state index is 0.0524. The summed E-state index contributed by atoms with van der Waals surface area (Å²) in [6.07, 6.45) is 3.78. The summed E-state index contributed by atoms with van der Waals surface area (Å²) in [5.74, 6) is -3.53. The normalized spacial score (nSPS) is 48.0. The molecule has 2 heterocycles. The first kappa shape index (κ1) is 22.8. The minimum atomic E-state index is -2.25. The number of nitrogens with zero attached hydrogens (tertiary/aromatic N) is 2. The van der Waals surface area contributed by atoms with Crippen LogP contribution in [0.3, 0.4) is 0 Å². The van der Waals surface area contributed by atoms with E-state index in [0.717, 1.165) is 6.08 Å². The predicted molar refractivity (Wildman–Crippen MR) is 121 cm³/mol. The van der Waals surface area contributed by atoms with Gasteiger partial charge in [-0.15, -0.1) is 0 Å². The van der Waals surface area contributed by atoms with Crippen LogP contribution in [0, 0.1) is 28.6 Å². The number of aromatic nitrogens is 1. The topological polar surface area (TPSA) is 100.0 Å². The predicted octanol–water partition coefficient (Wildman–Crippen LogP) is 3.20. The van der Waals surface area contributed by atoms with Crippen LogP contribution in [0.2, 0.25) is 0 Å². The summed E-state index contributed by atoms with van der Waals surface area (Å²) in [5, 5.41) is 23.5. The number of allylic oxidation sites excluding steroid dienone is 4. The van der Waals surface area contributed by atoms with Gasteiger partial charge < -0.3 is 10.2 Å². The molecule has 5 aliphatic rings. The molecule has 6 rings (SSSR count). The highest BCUT2D eigenvalue weighted by molar-refractivity contribution is 6.01. The molecule has 9 atom stereocenters. The van der Waals surface area contributed by atoms with Gasteiger partial charge >= 0.3 is 5.97 Å². The van der Waals surface area contributed by atoms with Crippen LogP contribution in [0.15, 0.2) is 48.3 Å². The molecule has 4 aliphatic carbocycles. The van der Waals surface area contributed by atoms with Gasteiger partial charge in [-0.25, -0.2) is 13.6 Å². The van der Waals surface area contributed by atoms with Gasteiger partial charge in [-0.1, -0.05) is 13.0 Å². The average Bonchev–Trinajstić information content (AvgIpc) is 3.32. The number of aliphatic hydroxyl groups is 1. The van der Waals surface area contributed by atoms with Crippen LogP contribution in [0.4, 0.5) is 14.5 Å². The second kappa shape index (κ2) is 6.97. The third-order valence-electron chi connectivity index (χ3n) is 9.87. The van der Waals surface area contributed by atoms with Gasteiger partial charge in [0.25, 0.3) is 0 Å². The van der Waals surface area contributed by atoms with Crippen LogP contribution in [-0.4, -0.2) is 57.0 Å². The molecule has 0 radical (unpaired) electrons. The highest BCUT2D eigenvalue weighted by atomic mass is 19.1. The highest BCUT2D eigenvalue weighted by Crippen LogP contribution is 2.72. The number of hydrogen-bond acceptors (Lipinski definition) is 6. The molecule has 9 heteroatoms. The molecule has 186 valence electrons. The zero-order chi connectivity index (χ0) is 25.0. The lowest BCUT2D eigenvalue weighted by Gasteiger charge is -2.62. The van der Waals surface area contributed by atoms with E-state index in [-0.39, 0.29) is 25.0 Å². The first-order valence-electron chi connectivity index (χ1n) is 12.1. The first-order valence-corrected chi connectivity index (χ1v) is 12.1. The molecule has 1 saturated heterocycles. The number of carbonyl (C=O) groups is 2. The van der Waals surface area contributed by atoms with E-state index in [9.17, 15) is 19.8 Å². The number of halogens is 2. The molecule has 1 aliphatic heterocycles. The largest absolute Gasteiger partial charge is 0.479 e. The van der Waals surface area contributed by atoms with E-state index in [1.807, 2.05) is 0 Å². The van der Waals surface area contributed by atoms with Crippen molar-refractivity contribution in [1.82, 2.24) is 4.98 Å². The van der Waals surface area contributed by atoms with Crippen molar-refractivity contribution in [2.45, 2.75) is 56.7 Å². The molecule has 4 fully saturated rings. The van der Waals surface area contributed by atoms with Crippen molar-refractivity contribution in [2.24, 2.45) is 28.6 Å². The smallest absolute Gasteiger partial charge is 0.339 e. The lowest BCUT2D eigenvalue weighted by Crippen LogP contribution is -2.70. The fourth-order valence-electron chi connectivity index (χ4n) is 8.26. The lowest BCUT2D eigenvalue weighted by molar-refractivity contribution is -0.233. The van der Waals surface area contributed by atoms with Crippen LogP contribution in [-0.2, 0) is 14.4 Å². The van der Waals surface area contributed by atoms with Crippen molar-refractivity contribution >= 4 is 17.4 Å². The van der Waals surface area contributed by atoms with E-state index < -0.39 is 63.9 Å². The molecular weight excluding hydrogens is 458 g/mol. The van der Waals surface area contributed by atoms with Gasteiger partial charge in [-0.3, -0.25) is 19.7 Å². The molecule has 3 saturated carbocycles. The van der Waals surface area contributed by atoms with Gasteiger partial charge in [0.1, 0.15) is 6.17 Å². The number of carbonyl (C=O) groups excluding carboxylic acids is 1. The molecule has 2 N–H and O–H groups in total. The van der Waals surface area contributed by atoms with Gasteiger partial charge in [-0.2, -0.15) is 0 Å². The van der Waals surface area contributed by atoms with Crippen LogP contribution in [0.5, 0.6) is 0 Å². The number of alkyl halides is 2. The van der Waals surface area contributed by atoms with E-state index in [1.165, 1.54) is 24.1 Å². The van der Waals surface area contributed by atoms with Crippen molar-refractivity contribution in [3.8, 4) is 0 Å². The Bertz CT molecular complexity index is 1180. The minimum Gasteiger partial charge on any atom is -0.479 e. The number of anilines is 1. The van der Waals surface area contributed by atoms with Crippen LogP contribution >= 0.6 is 0 Å². The molecule has 35 heavy (non-hydrogen) atoms. The molecular formula is C26H28F2N2O5. The van der Waals surface area contributed by atoms with Crippen molar-refractivity contribution in [2.75, 3.05) is 11.6 Å². The second-order valence-corrected chi connectivity index (χ2v) is 11.2. The third kappa shape index (κ3) is 2.53. The monoisotopic (exact) mass is 486 g/mol. The fraction of sp³-hybridized carbons (Fsp3) is 0.577. The molecule has 1 aromatic rings. The van der Waals surface area contributed by atoms with E-state index in [4.69, 9.17) is 4.84 Å². The summed E-state index contributed by atoms with van der Waals surface area (Å²) in [7, 11) is 0. The molecule has 0 aromatic carbocycles. The van der Waals surface area contributed by atoms with Gasteiger partial charge in [-0.05, 0) is 62.0 Å². The summed E-state index contributed by atoms with van der Waals surface area (Å²) in [4.78, 5) is 35.2. The zero-order valence-electron chi connectivity index (χ0n) is 19.5. The van der Waals surface area contributed by atoms with Gasteiger partial charge in [0.2, 0.25) is 5.60 Å². The molecule has 0 unspecified atom stereocenters. The van der Waals surface area contributed by atoms with Crippen molar-refractivity contribution in [1.29, 1.82) is 0 Å². The Morgan fingerprint density at radius 3 is 2.74 bits per heavy atom. The first-order chi connectivity index (χ1) is 16.5. The number of pyridine rings is 1. The molecule has 0 amide bonds. The van der Waals surface area contributed by atoms with Crippen molar-refractivity contribution < 1.29 is 33.4 Å². The number of aliphatic hydroxyl groups excluding tert-OH is 1. The summed E-state index contributed by atoms with van der Waals surface area (Å²) in [6.45, 7) is 3.54. The molecule has 1 aromatic heterocycles. The van der Waals surface area contributed by atoms with Crippen molar-refractivity contribution in [3.05, 3.63) is 48.3 Å². The Hall–Kier alpha value is -2.65. The fourth-order valence-corrected chi connectivity index (χ4v) is 8.26. The highest BCUT2D eigenvalue weighted by Gasteiger charge is 2.80. The van der Waals surface area contributed by atoms with Crippen LogP contribution in [0.1, 0.15) is 33.1 Å². The Kier molecular flexibility index (Phi) is 4.54. The Labute approximate surface area is 201 Å². The van der Waals surface area contributed by atoms with E-state index in [2.05, 4.69) is 4.98 Å². The Balaban J connectivity index is 1.45. The standard InChI is InChI=1S/C26H28F2N2O5/c1-23-6-5-16(31)9-19(23)20(27)10-18-17-8-14-13-30(15-4-3-7-29-12-15)35-26(14,22(33)34)24(17,2)11-21(32)25(18,23)28/h3-7,9,12,14,17-18,20-21,32H,8,10-11,13H2,1-2H3,(H,33,34)/t14-,17-,18-,20-,21-,23-,24-,25-,26-/m0/s1. The van der Waals surface area contributed by atoms with Gasteiger partial charge in [0.15, 0.2) is 11.5 Å². The Morgan fingerprint density at radius 1 is 1.29 bits per heavy atom. The number of fused-ring (bicyclic) bond motifs is 7. The third-order valence-corrected chi connectivity index (χ3v) is 9.87. The van der Waals surface area contributed by atoms with E-state index >= 15 is 8.78 Å². The van der Waals surface area contributed by atoms with Crippen LogP contribution in [0.25, 0.3) is 0 Å². The quantitative estimate of drug-likeness (QED) is 0.662. The maximum atomic E-state index is 17.3. The summed E-state index contributed by atoms with van der Waals surface area (Å²) in [6, 6.07) is 3.50. The average molecular weight is 487 g/mol. The van der Waals surface area contributed by atoms with E-state index in [1.54, 1.807) is 31.5 Å². The number of aliphatic carboxylic acids is 1. The molecule has 0 spiro atoms. The van der Waals surface area contributed by atoms with Gasteiger partial charge in [0, 0.05) is 28.9 Å². The Morgan fingerprint density at radius 2 is 2.06 bits per heavy atom.